The van der Waals surface area contributed by atoms with Gasteiger partial charge in [0.1, 0.15) is 5.54 Å². The second kappa shape index (κ2) is 5.53. The molecule has 1 aromatic carbocycles. The van der Waals surface area contributed by atoms with E-state index in [2.05, 4.69) is 10.6 Å². The molecule has 1 aliphatic rings. The molecule has 0 bridgehead atoms. The van der Waals surface area contributed by atoms with Crippen molar-refractivity contribution < 1.29 is 9.59 Å². The molecule has 0 atom stereocenters. The predicted molar refractivity (Wildman–Crippen MR) is 78.7 cm³/mol. The molecule has 0 radical (unpaired) electrons. The molecule has 2 rings (SSSR count). The first-order valence-electron chi connectivity index (χ1n) is 6.91. The minimum Gasteiger partial charge on any atom is -0.385 e. The lowest BCUT2D eigenvalue weighted by atomic mass is 9.97. The number of anilines is 1. The van der Waals surface area contributed by atoms with E-state index < -0.39 is 5.54 Å². The van der Waals surface area contributed by atoms with Crippen molar-refractivity contribution in [1.82, 2.24) is 10.2 Å². The van der Waals surface area contributed by atoms with Crippen molar-refractivity contribution in [1.29, 1.82) is 0 Å². The van der Waals surface area contributed by atoms with Crippen LogP contribution in [-0.4, -0.2) is 41.9 Å². The van der Waals surface area contributed by atoms with Crippen molar-refractivity contribution in [3.63, 3.8) is 0 Å². The fraction of sp³-hybridized carbons (Fsp3) is 0.467. The van der Waals surface area contributed by atoms with Gasteiger partial charge in [-0.3, -0.25) is 9.59 Å². The van der Waals surface area contributed by atoms with Crippen molar-refractivity contribution >= 4 is 17.5 Å². The highest BCUT2D eigenvalue weighted by Crippen LogP contribution is 2.21. The van der Waals surface area contributed by atoms with Crippen LogP contribution in [0.15, 0.2) is 24.3 Å². The molecule has 1 fully saturated rings. The van der Waals surface area contributed by atoms with Crippen molar-refractivity contribution in [3.05, 3.63) is 29.8 Å². The van der Waals surface area contributed by atoms with E-state index in [4.69, 9.17) is 0 Å². The third-order valence-electron chi connectivity index (χ3n) is 3.61. The summed E-state index contributed by atoms with van der Waals surface area (Å²) in [5.41, 5.74) is 0.782. The molecule has 0 saturated carbocycles. The van der Waals surface area contributed by atoms with Crippen molar-refractivity contribution in [2.24, 2.45) is 0 Å². The SMILES string of the molecule is CCNc1ccc(C(=O)N2CCNC(=O)C2(C)C)cc1. The number of benzene rings is 1. The summed E-state index contributed by atoms with van der Waals surface area (Å²) in [5, 5.41) is 5.98. The molecular weight excluding hydrogens is 254 g/mol. The number of nitrogens with zero attached hydrogens (tertiary/aromatic N) is 1. The van der Waals surface area contributed by atoms with Gasteiger partial charge in [0.05, 0.1) is 0 Å². The Hall–Kier alpha value is -2.04. The summed E-state index contributed by atoms with van der Waals surface area (Å²) < 4.78 is 0. The van der Waals surface area contributed by atoms with E-state index in [0.29, 0.717) is 18.7 Å². The van der Waals surface area contributed by atoms with Gasteiger partial charge in [-0.1, -0.05) is 0 Å². The Bertz CT molecular complexity index is 508. The summed E-state index contributed by atoms with van der Waals surface area (Å²) in [6.07, 6.45) is 0. The quantitative estimate of drug-likeness (QED) is 0.878. The van der Waals surface area contributed by atoms with E-state index in [-0.39, 0.29) is 11.8 Å². The van der Waals surface area contributed by atoms with E-state index in [1.807, 2.05) is 19.1 Å². The van der Waals surface area contributed by atoms with Crippen LogP contribution >= 0.6 is 0 Å². The zero-order chi connectivity index (χ0) is 14.8. The molecule has 1 saturated heterocycles. The molecule has 0 aromatic heterocycles. The van der Waals surface area contributed by atoms with Gasteiger partial charge in [0.2, 0.25) is 5.91 Å². The molecule has 5 heteroatoms. The number of rotatable bonds is 3. The Kier molecular flexibility index (Phi) is 3.97. The normalized spacial score (nSPS) is 17.6. The maximum absolute atomic E-state index is 12.6. The van der Waals surface area contributed by atoms with E-state index in [1.165, 1.54) is 0 Å². The van der Waals surface area contributed by atoms with Crippen LogP contribution in [0.5, 0.6) is 0 Å². The maximum Gasteiger partial charge on any atom is 0.254 e. The number of hydrogen-bond donors (Lipinski definition) is 2. The van der Waals surface area contributed by atoms with Crippen LogP contribution in [0.3, 0.4) is 0 Å². The Morgan fingerprint density at radius 1 is 1.35 bits per heavy atom. The number of carbonyl (C=O) groups excluding carboxylic acids is 2. The zero-order valence-electron chi connectivity index (χ0n) is 12.2. The highest BCUT2D eigenvalue weighted by atomic mass is 16.2. The third-order valence-corrected chi connectivity index (χ3v) is 3.61. The lowest BCUT2D eigenvalue weighted by Gasteiger charge is -2.41. The predicted octanol–water partition coefficient (Wildman–Crippen LogP) is 1.47. The Balaban J connectivity index is 2.20. The molecule has 0 unspecified atom stereocenters. The van der Waals surface area contributed by atoms with E-state index in [9.17, 15) is 9.59 Å². The summed E-state index contributed by atoms with van der Waals surface area (Å²) in [5.74, 6) is -0.214. The van der Waals surface area contributed by atoms with E-state index in [1.54, 1.807) is 30.9 Å². The number of hydrogen-bond acceptors (Lipinski definition) is 3. The van der Waals surface area contributed by atoms with Gasteiger partial charge in [0.15, 0.2) is 0 Å². The molecular formula is C15H21N3O2. The Labute approximate surface area is 119 Å². The standard InChI is InChI=1S/C15H21N3O2/c1-4-16-12-7-5-11(6-8-12)13(19)18-10-9-17-14(20)15(18,2)3/h5-8,16H,4,9-10H2,1-3H3,(H,17,20). The molecule has 1 aromatic rings. The first kappa shape index (κ1) is 14.4. The third kappa shape index (κ3) is 2.61. The average Bonchev–Trinajstić information content (AvgIpc) is 2.42. The minimum absolute atomic E-state index is 0.104. The van der Waals surface area contributed by atoms with Gasteiger partial charge in [-0.2, -0.15) is 0 Å². The molecule has 5 nitrogen and oxygen atoms in total. The summed E-state index contributed by atoms with van der Waals surface area (Å²) in [6, 6.07) is 7.35. The van der Waals surface area contributed by atoms with Crippen molar-refractivity contribution in [2.45, 2.75) is 26.3 Å². The van der Waals surface area contributed by atoms with Crippen LogP contribution in [0, 0.1) is 0 Å². The molecule has 108 valence electrons. The lowest BCUT2D eigenvalue weighted by molar-refractivity contribution is -0.133. The highest BCUT2D eigenvalue weighted by Gasteiger charge is 2.40. The minimum atomic E-state index is -0.810. The van der Waals surface area contributed by atoms with Crippen LogP contribution < -0.4 is 10.6 Å². The molecule has 0 spiro atoms. The van der Waals surface area contributed by atoms with Gasteiger partial charge in [-0.25, -0.2) is 0 Å². The largest absolute Gasteiger partial charge is 0.385 e. The fourth-order valence-electron chi connectivity index (χ4n) is 2.35. The molecule has 1 aliphatic heterocycles. The second-order valence-electron chi connectivity index (χ2n) is 5.38. The fourth-order valence-corrected chi connectivity index (χ4v) is 2.35. The van der Waals surface area contributed by atoms with Crippen LogP contribution in [0.4, 0.5) is 5.69 Å². The maximum atomic E-state index is 12.6. The number of nitrogens with one attached hydrogen (secondary N) is 2. The Morgan fingerprint density at radius 2 is 2.00 bits per heavy atom. The lowest BCUT2D eigenvalue weighted by Crippen LogP contribution is -2.63. The number of amides is 2. The number of carbonyl (C=O) groups is 2. The molecule has 20 heavy (non-hydrogen) atoms. The first-order valence-corrected chi connectivity index (χ1v) is 6.91. The summed E-state index contributed by atoms with van der Waals surface area (Å²) in [6.45, 7) is 7.44. The summed E-state index contributed by atoms with van der Waals surface area (Å²) in [4.78, 5) is 26.1. The smallest absolute Gasteiger partial charge is 0.254 e. The monoisotopic (exact) mass is 275 g/mol. The Morgan fingerprint density at radius 3 is 2.60 bits per heavy atom. The molecule has 2 amide bonds. The van der Waals surface area contributed by atoms with Gasteiger partial charge in [0.25, 0.3) is 5.91 Å². The van der Waals surface area contributed by atoms with Gasteiger partial charge in [-0.05, 0) is 45.0 Å². The van der Waals surface area contributed by atoms with Gasteiger partial charge < -0.3 is 15.5 Å². The highest BCUT2D eigenvalue weighted by molar-refractivity contribution is 5.99. The van der Waals surface area contributed by atoms with E-state index >= 15 is 0 Å². The van der Waals surface area contributed by atoms with Crippen LogP contribution in [0.2, 0.25) is 0 Å². The van der Waals surface area contributed by atoms with E-state index in [0.717, 1.165) is 12.2 Å². The van der Waals surface area contributed by atoms with Crippen molar-refractivity contribution in [2.75, 3.05) is 25.0 Å². The topological polar surface area (TPSA) is 61.4 Å². The van der Waals surface area contributed by atoms with Gasteiger partial charge >= 0.3 is 0 Å². The van der Waals surface area contributed by atoms with Gasteiger partial charge in [0, 0.05) is 30.9 Å². The van der Waals surface area contributed by atoms with Crippen LogP contribution in [0.25, 0.3) is 0 Å². The molecule has 1 heterocycles. The zero-order valence-corrected chi connectivity index (χ0v) is 12.2. The van der Waals surface area contributed by atoms with Crippen molar-refractivity contribution in [3.8, 4) is 0 Å². The van der Waals surface area contributed by atoms with Crippen LogP contribution in [0.1, 0.15) is 31.1 Å². The molecule has 0 aliphatic carbocycles. The second-order valence-corrected chi connectivity index (χ2v) is 5.38. The average molecular weight is 275 g/mol. The van der Waals surface area contributed by atoms with Crippen LogP contribution in [-0.2, 0) is 4.79 Å². The first-order chi connectivity index (χ1) is 9.46. The summed E-state index contributed by atoms with van der Waals surface area (Å²) >= 11 is 0. The van der Waals surface area contributed by atoms with Gasteiger partial charge in [-0.15, -0.1) is 0 Å². The number of piperazine rings is 1. The molecule has 2 N–H and O–H groups in total. The summed E-state index contributed by atoms with van der Waals surface area (Å²) in [7, 11) is 0.